The van der Waals surface area contributed by atoms with E-state index in [-0.39, 0.29) is 17.6 Å². The van der Waals surface area contributed by atoms with Crippen LogP contribution in [0.25, 0.3) is 5.57 Å². The topological polar surface area (TPSA) is 37.4 Å². The lowest BCUT2D eigenvalue weighted by molar-refractivity contribution is -0.119. The van der Waals surface area contributed by atoms with Gasteiger partial charge >= 0.3 is 0 Å². The summed E-state index contributed by atoms with van der Waals surface area (Å²) in [7, 11) is 0. The van der Waals surface area contributed by atoms with E-state index >= 15 is 0 Å². The molecule has 0 N–H and O–H groups in total. The summed E-state index contributed by atoms with van der Waals surface area (Å²) in [5, 5.41) is 0. The van der Waals surface area contributed by atoms with E-state index in [0.29, 0.717) is 27.5 Å². The first-order valence-corrected chi connectivity index (χ1v) is 10.6. The summed E-state index contributed by atoms with van der Waals surface area (Å²) in [6, 6.07) is 21.2. The van der Waals surface area contributed by atoms with Crippen molar-refractivity contribution in [2.75, 3.05) is 4.90 Å². The van der Waals surface area contributed by atoms with Gasteiger partial charge in [0.15, 0.2) is 0 Å². The van der Waals surface area contributed by atoms with Gasteiger partial charge in [-0.05, 0) is 54.3 Å². The van der Waals surface area contributed by atoms with Gasteiger partial charge in [-0.3, -0.25) is 9.59 Å². The molecule has 0 radical (unpaired) electrons. The number of halogens is 1. The van der Waals surface area contributed by atoms with Crippen LogP contribution in [0, 0.1) is 19.7 Å². The van der Waals surface area contributed by atoms with Gasteiger partial charge in [0.05, 0.1) is 16.2 Å². The Kier molecular flexibility index (Phi) is 5.55. The highest BCUT2D eigenvalue weighted by molar-refractivity contribution is 8.03. The third-order valence-electron chi connectivity index (χ3n) is 5.01. The van der Waals surface area contributed by atoms with E-state index in [2.05, 4.69) is 0 Å². The average molecular weight is 418 g/mol. The van der Waals surface area contributed by atoms with Crippen molar-refractivity contribution in [3.63, 3.8) is 0 Å². The molecular formula is C25H20FNO2S. The molecule has 0 aliphatic carbocycles. The highest BCUT2D eigenvalue weighted by Gasteiger charge is 2.40. The Bertz CT molecular complexity index is 1150. The molecule has 5 heteroatoms. The zero-order valence-electron chi connectivity index (χ0n) is 16.7. The Hall–Kier alpha value is -3.18. The third kappa shape index (κ3) is 3.81. The monoisotopic (exact) mass is 417 g/mol. The molecular weight excluding hydrogens is 397 g/mol. The lowest BCUT2D eigenvalue weighted by Gasteiger charge is -2.18. The van der Waals surface area contributed by atoms with Gasteiger partial charge in [-0.15, -0.1) is 11.8 Å². The Labute approximate surface area is 179 Å². The molecule has 4 rings (SSSR count). The smallest absolute Gasteiger partial charge is 0.268 e. The summed E-state index contributed by atoms with van der Waals surface area (Å²) >= 11 is 1.34. The van der Waals surface area contributed by atoms with E-state index < -0.39 is 0 Å². The molecule has 0 fully saturated rings. The van der Waals surface area contributed by atoms with Crippen molar-refractivity contribution in [3.05, 3.63) is 106 Å². The minimum Gasteiger partial charge on any atom is -0.268 e. The van der Waals surface area contributed by atoms with Gasteiger partial charge in [-0.25, -0.2) is 9.29 Å². The first-order valence-electron chi connectivity index (χ1n) is 9.58. The molecule has 0 saturated heterocycles. The predicted octanol–water partition coefficient (Wildman–Crippen LogP) is 5.66. The summed E-state index contributed by atoms with van der Waals surface area (Å²) in [6.45, 7) is 3.80. The number of thioether (sulfide) groups is 1. The SMILES string of the molecule is Cc1ccc(C)c(N2C(=O)C(SCc3ccccc3)=C(c3ccc(F)cc3)C2=O)c1. The fraction of sp³-hybridized carbons (Fsp3) is 0.120. The maximum absolute atomic E-state index is 13.5. The van der Waals surface area contributed by atoms with Crippen LogP contribution in [-0.2, 0) is 15.3 Å². The van der Waals surface area contributed by atoms with Crippen molar-refractivity contribution >= 4 is 34.8 Å². The number of carbonyl (C=O) groups excluding carboxylic acids is 2. The maximum atomic E-state index is 13.5. The van der Waals surface area contributed by atoms with E-state index in [9.17, 15) is 14.0 Å². The molecule has 2 amide bonds. The Balaban J connectivity index is 1.77. The van der Waals surface area contributed by atoms with E-state index in [1.807, 2.05) is 62.4 Å². The second-order valence-electron chi connectivity index (χ2n) is 7.22. The number of benzene rings is 3. The average Bonchev–Trinajstić information content (AvgIpc) is 2.99. The van der Waals surface area contributed by atoms with E-state index in [1.165, 1.54) is 28.8 Å². The van der Waals surface area contributed by atoms with Crippen molar-refractivity contribution in [3.8, 4) is 0 Å². The number of rotatable bonds is 5. The standard InChI is InChI=1S/C25H20FNO2S/c1-16-8-9-17(2)21(14-16)27-24(28)22(19-10-12-20(26)13-11-19)23(25(27)29)30-15-18-6-4-3-5-7-18/h3-14H,15H2,1-2H3. The zero-order chi connectivity index (χ0) is 21.3. The number of hydrogen-bond acceptors (Lipinski definition) is 3. The normalized spacial score (nSPS) is 14.0. The Morgan fingerprint density at radius 3 is 2.27 bits per heavy atom. The van der Waals surface area contributed by atoms with Crippen LogP contribution in [0.2, 0.25) is 0 Å². The van der Waals surface area contributed by atoms with Crippen molar-refractivity contribution in [1.82, 2.24) is 0 Å². The third-order valence-corrected chi connectivity index (χ3v) is 6.15. The summed E-state index contributed by atoms with van der Waals surface area (Å²) < 4.78 is 13.5. The largest absolute Gasteiger partial charge is 0.272 e. The molecule has 0 atom stereocenters. The van der Waals surface area contributed by atoms with Crippen LogP contribution in [0.15, 0.2) is 77.7 Å². The first kappa shape index (κ1) is 20.1. The molecule has 0 spiro atoms. The van der Waals surface area contributed by atoms with E-state index in [0.717, 1.165) is 16.7 Å². The Morgan fingerprint density at radius 1 is 0.867 bits per heavy atom. The summed E-state index contributed by atoms with van der Waals surface area (Å²) in [4.78, 5) is 28.5. The van der Waals surface area contributed by atoms with Gasteiger partial charge in [0.25, 0.3) is 11.8 Å². The number of aryl methyl sites for hydroxylation is 2. The number of carbonyl (C=O) groups is 2. The minimum absolute atomic E-state index is 0.321. The van der Waals surface area contributed by atoms with Gasteiger partial charge in [-0.2, -0.15) is 0 Å². The number of hydrogen-bond donors (Lipinski definition) is 0. The second kappa shape index (κ2) is 8.28. The molecule has 0 bridgehead atoms. The van der Waals surface area contributed by atoms with E-state index in [1.54, 1.807) is 12.1 Å². The number of anilines is 1. The molecule has 1 heterocycles. The summed E-state index contributed by atoms with van der Waals surface area (Å²) in [5.74, 6) is -0.550. The van der Waals surface area contributed by atoms with Gasteiger partial charge in [0.2, 0.25) is 0 Å². The molecule has 3 aromatic rings. The minimum atomic E-state index is -0.388. The van der Waals surface area contributed by atoms with Gasteiger partial charge in [0, 0.05) is 5.75 Å². The van der Waals surface area contributed by atoms with Crippen LogP contribution in [0.3, 0.4) is 0 Å². The fourth-order valence-electron chi connectivity index (χ4n) is 3.42. The maximum Gasteiger partial charge on any atom is 0.272 e. The lowest BCUT2D eigenvalue weighted by atomic mass is 10.1. The highest BCUT2D eigenvalue weighted by atomic mass is 32.2. The van der Waals surface area contributed by atoms with Crippen molar-refractivity contribution in [2.45, 2.75) is 19.6 Å². The molecule has 1 aliphatic rings. The molecule has 150 valence electrons. The summed E-state index contributed by atoms with van der Waals surface area (Å²) in [6.07, 6.45) is 0. The van der Waals surface area contributed by atoms with Crippen LogP contribution >= 0.6 is 11.8 Å². The molecule has 3 aromatic carbocycles. The number of imide groups is 1. The first-order chi connectivity index (χ1) is 14.5. The van der Waals surface area contributed by atoms with Crippen LogP contribution in [-0.4, -0.2) is 11.8 Å². The van der Waals surface area contributed by atoms with Crippen LogP contribution in [0.1, 0.15) is 22.3 Å². The predicted molar refractivity (Wildman–Crippen MR) is 119 cm³/mol. The number of nitrogens with zero attached hydrogens (tertiary/aromatic N) is 1. The van der Waals surface area contributed by atoms with Crippen molar-refractivity contribution < 1.29 is 14.0 Å². The molecule has 3 nitrogen and oxygen atoms in total. The molecule has 0 aromatic heterocycles. The van der Waals surface area contributed by atoms with Crippen molar-refractivity contribution in [1.29, 1.82) is 0 Å². The molecule has 30 heavy (non-hydrogen) atoms. The van der Waals surface area contributed by atoms with E-state index in [4.69, 9.17) is 0 Å². The molecule has 0 unspecified atom stereocenters. The fourth-order valence-corrected chi connectivity index (χ4v) is 4.49. The van der Waals surface area contributed by atoms with Gasteiger partial charge in [-0.1, -0.05) is 54.6 Å². The zero-order valence-corrected chi connectivity index (χ0v) is 17.5. The number of amides is 2. The van der Waals surface area contributed by atoms with Gasteiger partial charge in [0.1, 0.15) is 5.82 Å². The lowest BCUT2D eigenvalue weighted by Crippen LogP contribution is -2.32. The van der Waals surface area contributed by atoms with Crippen LogP contribution < -0.4 is 4.90 Å². The molecule has 0 saturated carbocycles. The Morgan fingerprint density at radius 2 is 1.57 bits per heavy atom. The summed E-state index contributed by atoms with van der Waals surface area (Å²) in [5.41, 5.74) is 4.30. The van der Waals surface area contributed by atoms with Crippen LogP contribution in [0.5, 0.6) is 0 Å². The van der Waals surface area contributed by atoms with Crippen molar-refractivity contribution in [2.24, 2.45) is 0 Å². The molecule has 1 aliphatic heterocycles. The highest BCUT2D eigenvalue weighted by Crippen LogP contribution is 2.40. The quantitative estimate of drug-likeness (QED) is 0.503. The van der Waals surface area contributed by atoms with Crippen LogP contribution in [0.4, 0.5) is 10.1 Å². The second-order valence-corrected chi connectivity index (χ2v) is 8.21. The van der Waals surface area contributed by atoms with Gasteiger partial charge < -0.3 is 0 Å².